The molecule has 2 unspecified atom stereocenters. The Balaban J connectivity index is 1.70. The zero-order chi connectivity index (χ0) is 22.4. The molecule has 1 aromatic carbocycles. The molecule has 7 heteroatoms. The molecule has 0 bridgehead atoms. The van der Waals surface area contributed by atoms with Crippen LogP contribution >= 0.6 is 23.1 Å². The van der Waals surface area contributed by atoms with Crippen LogP contribution in [-0.4, -0.2) is 17.1 Å². The summed E-state index contributed by atoms with van der Waals surface area (Å²) in [6, 6.07) is 9.91. The van der Waals surface area contributed by atoms with Gasteiger partial charge in [-0.2, -0.15) is 5.26 Å². The molecule has 1 aromatic heterocycles. The summed E-state index contributed by atoms with van der Waals surface area (Å²) in [5.41, 5.74) is 2.50. The first-order valence-corrected chi connectivity index (χ1v) is 12.6. The molecule has 0 radical (unpaired) electrons. The molecular weight excluding hydrogens is 426 g/mol. The lowest BCUT2D eigenvalue weighted by atomic mass is 9.88. The summed E-state index contributed by atoms with van der Waals surface area (Å²) in [5, 5.41) is 16.0. The maximum Gasteiger partial charge on any atom is 0.238 e. The topological polar surface area (TPSA) is 82.0 Å². The Labute approximate surface area is 192 Å². The van der Waals surface area contributed by atoms with Crippen molar-refractivity contribution >= 4 is 45.6 Å². The van der Waals surface area contributed by atoms with Gasteiger partial charge < -0.3 is 10.6 Å². The van der Waals surface area contributed by atoms with E-state index in [1.165, 1.54) is 16.6 Å². The van der Waals surface area contributed by atoms with E-state index in [1.54, 1.807) is 11.3 Å². The highest BCUT2D eigenvalue weighted by molar-refractivity contribution is 8.00. The number of carbonyl (C=O) groups excluding carboxylic acids is 2. The number of nitrogens with zero attached hydrogens (tertiary/aromatic N) is 1. The van der Waals surface area contributed by atoms with E-state index in [0.717, 1.165) is 41.8 Å². The molecule has 0 saturated heterocycles. The highest BCUT2D eigenvalue weighted by Gasteiger charge is 2.26. The van der Waals surface area contributed by atoms with Crippen molar-refractivity contribution in [1.82, 2.24) is 0 Å². The second kappa shape index (κ2) is 10.8. The van der Waals surface area contributed by atoms with Gasteiger partial charge in [0.2, 0.25) is 11.8 Å². The predicted octanol–water partition coefficient (Wildman–Crippen LogP) is 5.99. The van der Waals surface area contributed by atoms with Crippen LogP contribution in [0.15, 0.2) is 29.2 Å². The van der Waals surface area contributed by atoms with E-state index in [1.807, 2.05) is 38.1 Å². The van der Waals surface area contributed by atoms with Gasteiger partial charge in [-0.15, -0.1) is 23.1 Å². The highest BCUT2D eigenvalue weighted by atomic mass is 32.2. The van der Waals surface area contributed by atoms with Crippen molar-refractivity contribution in [3.05, 3.63) is 40.3 Å². The lowest BCUT2D eigenvalue weighted by molar-refractivity contribution is -0.116. The Morgan fingerprint density at radius 2 is 2.13 bits per heavy atom. The minimum Gasteiger partial charge on any atom is -0.326 e. The molecule has 5 nitrogen and oxygen atoms in total. The Morgan fingerprint density at radius 3 is 2.84 bits per heavy atom. The van der Waals surface area contributed by atoms with Crippen LogP contribution in [0.25, 0.3) is 0 Å². The van der Waals surface area contributed by atoms with Gasteiger partial charge in [-0.3, -0.25) is 9.59 Å². The lowest BCUT2D eigenvalue weighted by Gasteiger charge is -2.17. The maximum atomic E-state index is 13.0. The smallest absolute Gasteiger partial charge is 0.238 e. The molecule has 164 valence electrons. The molecule has 0 aliphatic heterocycles. The van der Waals surface area contributed by atoms with Crippen LogP contribution in [0.1, 0.15) is 62.5 Å². The van der Waals surface area contributed by atoms with E-state index in [9.17, 15) is 14.9 Å². The van der Waals surface area contributed by atoms with Crippen molar-refractivity contribution in [3.63, 3.8) is 0 Å². The third kappa shape index (κ3) is 5.90. The Kier molecular flexibility index (Phi) is 8.16. The predicted molar refractivity (Wildman–Crippen MR) is 129 cm³/mol. The van der Waals surface area contributed by atoms with E-state index in [4.69, 9.17) is 0 Å². The van der Waals surface area contributed by atoms with Gasteiger partial charge in [-0.25, -0.2) is 0 Å². The monoisotopic (exact) mass is 455 g/mol. The average Bonchev–Trinajstić information content (AvgIpc) is 3.08. The van der Waals surface area contributed by atoms with Gasteiger partial charge in [0.25, 0.3) is 0 Å². The average molecular weight is 456 g/mol. The first kappa shape index (κ1) is 23.4. The van der Waals surface area contributed by atoms with Gasteiger partial charge in [0.05, 0.1) is 10.8 Å². The molecule has 2 atom stereocenters. The summed E-state index contributed by atoms with van der Waals surface area (Å²) in [6.07, 6.45) is 4.93. The Bertz CT molecular complexity index is 993. The van der Waals surface area contributed by atoms with Gasteiger partial charge in [0.15, 0.2) is 0 Å². The molecule has 0 saturated carbocycles. The van der Waals surface area contributed by atoms with Crippen molar-refractivity contribution in [3.8, 4) is 6.07 Å². The van der Waals surface area contributed by atoms with Gasteiger partial charge in [0.1, 0.15) is 11.1 Å². The number of rotatable bonds is 8. The maximum absolute atomic E-state index is 13.0. The molecular formula is C24H29N3O2S2. The number of carbonyl (C=O) groups is 2. The number of hydrogen-bond acceptors (Lipinski definition) is 5. The quantitative estimate of drug-likeness (QED) is 0.479. The number of fused-ring (bicyclic) bond motifs is 1. The number of amides is 2. The minimum atomic E-state index is -0.286. The van der Waals surface area contributed by atoms with E-state index in [0.29, 0.717) is 29.3 Å². The summed E-state index contributed by atoms with van der Waals surface area (Å²) in [4.78, 5) is 27.1. The molecule has 2 aromatic rings. The summed E-state index contributed by atoms with van der Waals surface area (Å²) in [5.74, 6) is 0.524. The van der Waals surface area contributed by atoms with Crippen molar-refractivity contribution < 1.29 is 9.59 Å². The number of benzene rings is 1. The largest absolute Gasteiger partial charge is 0.326 e. The molecule has 31 heavy (non-hydrogen) atoms. The first-order chi connectivity index (χ1) is 14.9. The highest BCUT2D eigenvalue weighted by Crippen LogP contribution is 2.39. The fraction of sp³-hybridized carbons (Fsp3) is 0.458. The second-order valence-corrected chi connectivity index (χ2v) is 10.4. The summed E-state index contributed by atoms with van der Waals surface area (Å²) < 4.78 is 0. The molecule has 1 aliphatic carbocycles. The molecule has 0 fully saturated rings. The Hall–Kier alpha value is -2.30. The molecule has 1 aliphatic rings. The van der Waals surface area contributed by atoms with Gasteiger partial charge >= 0.3 is 0 Å². The number of hydrogen-bond donors (Lipinski definition) is 2. The molecule has 1 heterocycles. The van der Waals surface area contributed by atoms with E-state index in [2.05, 4.69) is 23.6 Å². The van der Waals surface area contributed by atoms with Crippen LogP contribution in [0.3, 0.4) is 0 Å². The van der Waals surface area contributed by atoms with Crippen molar-refractivity contribution in [2.75, 3.05) is 10.6 Å². The van der Waals surface area contributed by atoms with Crippen molar-refractivity contribution in [1.29, 1.82) is 5.26 Å². The van der Waals surface area contributed by atoms with Crippen LogP contribution in [0, 0.1) is 17.2 Å². The normalized spacial score (nSPS) is 16.1. The van der Waals surface area contributed by atoms with Crippen LogP contribution in [0.2, 0.25) is 0 Å². The van der Waals surface area contributed by atoms with Crippen LogP contribution in [0.5, 0.6) is 0 Å². The van der Waals surface area contributed by atoms with Crippen molar-refractivity contribution in [2.45, 2.75) is 69.4 Å². The lowest BCUT2D eigenvalue weighted by Crippen LogP contribution is -2.24. The molecule has 2 N–H and O–H groups in total. The zero-order valence-corrected chi connectivity index (χ0v) is 19.9. The molecule has 0 spiro atoms. The standard InChI is InChI=1S/C24H29N3O2S2/c1-4-7-22(28)26-16-8-6-9-17(13-16)30-20(5-2)23(29)27-24-19(14-25)18-11-10-15(3)12-21(18)31-24/h6,8-9,13,15,20H,4-5,7,10-12H2,1-3H3,(H,26,28)(H,27,29). The number of thiophene rings is 1. The number of nitriles is 1. The summed E-state index contributed by atoms with van der Waals surface area (Å²) in [7, 11) is 0. The number of nitrogens with one attached hydrogen (secondary N) is 2. The summed E-state index contributed by atoms with van der Waals surface area (Å²) in [6.45, 7) is 6.19. The Morgan fingerprint density at radius 1 is 1.32 bits per heavy atom. The first-order valence-electron chi connectivity index (χ1n) is 10.9. The fourth-order valence-electron chi connectivity index (χ4n) is 3.73. The second-order valence-electron chi connectivity index (χ2n) is 8.00. The number of anilines is 2. The SMILES string of the molecule is CCCC(=O)Nc1cccc(SC(CC)C(=O)Nc2sc3c(c2C#N)CCC(C)C3)c1. The van der Waals surface area contributed by atoms with Crippen LogP contribution < -0.4 is 10.6 Å². The zero-order valence-electron chi connectivity index (χ0n) is 18.3. The van der Waals surface area contributed by atoms with Crippen LogP contribution in [-0.2, 0) is 22.4 Å². The van der Waals surface area contributed by atoms with E-state index >= 15 is 0 Å². The van der Waals surface area contributed by atoms with E-state index < -0.39 is 0 Å². The third-order valence-electron chi connectivity index (χ3n) is 5.40. The van der Waals surface area contributed by atoms with Crippen molar-refractivity contribution in [2.24, 2.45) is 5.92 Å². The molecule has 2 amide bonds. The van der Waals surface area contributed by atoms with Crippen LogP contribution in [0.4, 0.5) is 10.7 Å². The fourth-order valence-corrected chi connectivity index (χ4v) is 6.11. The number of thioether (sulfide) groups is 1. The minimum absolute atomic E-state index is 0.00514. The van der Waals surface area contributed by atoms with Gasteiger partial charge in [-0.1, -0.05) is 26.8 Å². The third-order valence-corrected chi connectivity index (χ3v) is 7.92. The van der Waals surface area contributed by atoms with E-state index in [-0.39, 0.29) is 17.1 Å². The summed E-state index contributed by atoms with van der Waals surface area (Å²) >= 11 is 3.03. The molecule has 3 rings (SSSR count). The van der Waals surface area contributed by atoms with Gasteiger partial charge in [0, 0.05) is 21.9 Å². The van der Waals surface area contributed by atoms with Gasteiger partial charge in [-0.05, 0) is 61.8 Å².